The van der Waals surface area contributed by atoms with Crippen molar-refractivity contribution in [3.05, 3.63) is 28.2 Å². The fourth-order valence-corrected chi connectivity index (χ4v) is 1.99. The predicted molar refractivity (Wildman–Crippen MR) is 65.8 cm³/mol. The maximum Gasteiger partial charge on any atom is 0.0485 e. The van der Waals surface area contributed by atoms with Crippen LogP contribution in [0.3, 0.4) is 0 Å². The Morgan fingerprint density at radius 2 is 2.23 bits per heavy atom. The SMILES string of the molecule is CSCCNc1ccc(C)cc1Br. The summed E-state index contributed by atoms with van der Waals surface area (Å²) >= 11 is 5.38. The second-order valence-corrected chi connectivity index (χ2v) is 4.74. The molecule has 1 nitrogen and oxygen atoms in total. The van der Waals surface area contributed by atoms with E-state index in [1.807, 2.05) is 11.8 Å². The monoisotopic (exact) mass is 259 g/mol. The molecule has 0 aliphatic heterocycles. The summed E-state index contributed by atoms with van der Waals surface area (Å²) in [7, 11) is 0. The smallest absolute Gasteiger partial charge is 0.0485 e. The van der Waals surface area contributed by atoms with Crippen LogP contribution in [0.15, 0.2) is 22.7 Å². The molecule has 0 saturated carbocycles. The van der Waals surface area contributed by atoms with E-state index in [0.717, 1.165) is 16.8 Å². The number of aryl methyl sites for hydroxylation is 1. The first-order valence-corrected chi connectivity index (χ1v) is 6.41. The van der Waals surface area contributed by atoms with Crippen LogP contribution in [0, 0.1) is 6.92 Å². The Hall–Kier alpha value is -0.150. The number of benzene rings is 1. The van der Waals surface area contributed by atoms with E-state index in [1.165, 1.54) is 11.3 Å². The van der Waals surface area contributed by atoms with Crippen molar-refractivity contribution in [1.82, 2.24) is 0 Å². The minimum absolute atomic E-state index is 1.02. The summed E-state index contributed by atoms with van der Waals surface area (Å²) in [6.07, 6.45) is 2.12. The van der Waals surface area contributed by atoms with Gasteiger partial charge in [-0.25, -0.2) is 0 Å². The predicted octanol–water partition coefficient (Wildman–Crippen LogP) is 3.53. The molecule has 13 heavy (non-hydrogen) atoms. The number of anilines is 1. The lowest BCUT2D eigenvalue weighted by molar-refractivity contribution is 1.22. The van der Waals surface area contributed by atoms with Crippen molar-refractivity contribution in [2.45, 2.75) is 6.92 Å². The van der Waals surface area contributed by atoms with Crippen LogP contribution in [0.4, 0.5) is 5.69 Å². The molecule has 1 rings (SSSR count). The molecule has 1 N–H and O–H groups in total. The molecule has 72 valence electrons. The normalized spacial score (nSPS) is 10.1. The summed E-state index contributed by atoms with van der Waals surface area (Å²) < 4.78 is 1.15. The van der Waals surface area contributed by atoms with Crippen LogP contribution in [0.25, 0.3) is 0 Å². The second-order valence-electron chi connectivity index (χ2n) is 2.90. The summed E-state index contributed by atoms with van der Waals surface area (Å²) in [4.78, 5) is 0. The van der Waals surface area contributed by atoms with Gasteiger partial charge >= 0.3 is 0 Å². The highest BCUT2D eigenvalue weighted by Crippen LogP contribution is 2.23. The first kappa shape index (κ1) is 10.9. The molecule has 0 aliphatic rings. The molecule has 0 saturated heterocycles. The Kier molecular flexibility index (Phi) is 4.67. The van der Waals surface area contributed by atoms with E-state index < -0.39 is 0 Å². The molecule has 1 aromatic rings. The minimum atomic E-state index is 1.02. The van der Waals surface area contributed by atoms with Crippen molar-refractivity contribution < 1.29 is 0 Å². The van der Waals surface area contributed by atoms with Gasteiger partial charge in [0.2, 0.25) is 0 Å². The lowest BCUT2D eigenvalue weighted by Gasteiger charge is -2.07. The highest BCUT2D eigenvalue weighted by atomic mass is 79.9. The van der Waals surface area contributed by atoms with E-state index in [4.69, 9.17) is 0 Å². The summed E-state index contributed by atoms with van der Waals surface area (Å²) in [5, 5.41) is 3.37. The Morgan fingerprint density at radius 1 is 1.46 bits per heavy atom. The van der Waals surface area contributed by atoms with E-state index in [0.29, 0.717) is 0 Å². The number of hydrogen-bond donors (Lipinski definition) is 1. The molecule has 0 spiro atoms. The van der Waals surface area contributed by atoms with E-state index >= 15 is 0 Å². The zero-order chi connectivity index (χ0) is 9.68. The van der Waals surface area contributed by atoms with Gasteiger partial charge in [0.25, 0.3) is 0 Å². The van der Waals surface area contributed by atoms with Crippen molar-refractivity contribution in [1.29, 1.82) is 0 Å². The summed E-state index contributed by atoms with van der Waals surface area (Å²) in [5.41, 5.74) is 2.46. The average molecular weight is 260 g/mol. The van der Waals surface area contributed by atoms with Gasteiger partial charge < -0.3 is 5.32 Å². The van der Waals surface area contributed by atoms with Gasteiger partial charge in [0.15, 0.2) is 0 Å². The van der Waals surface area contributed by atoms with Crippen LogP contribution in [-0.4, -0.2) is 18.6 Å². The average Bonchev–Trinajstić information content (AvgIpc) is 2.09. The molecule has 3 heteroatoms. The zero-order valence-corrected chi connectivity index (χ0v) is 10.3. The molecule has 0 aromatic heterocycles. The molecule has 0 aliphatic carbocycles. The highest BCUT2D eigenvalue weighted by Gasteiger charge is 1.97. The standard InChI is InChI=1S/C10H14BrNS/c1-8-3-4-10(9(11)7-8)12-5-6-13-2/h3-4,7,12H,5-6H2,1-2H3. The van der Waals surface area contributed by atoms with E-state index in [-0.39, 0.29) is 0 Å². The molecule has 0 radical (unpaired) electrons. The number of halogens is 1. The first-order chi connectivity index (χ1) is 6.24. The van der Waals surface area contributed by atoms with Crippen LogP contribution >= 0.6 is 27.7 Å². The van der Waals surface area contributed by atoms with Gasteiger partial charge in [-0.05, 0) is 46.8 Å². The minimum Gasteiger partial charge on any atom is -0.383 e. The third-order valence-electron chi connectivity index (χ3n) is 1.75. The van der Waals surface area contributed by atoms with Crippen molar-refractivity contribution >= 4 is 33.4 Å². The quantitative estimate of drug-likeness (QED) is 0.831. The number of hydrogen-bond acceptors (Lipinski definition) is 2. The van der Waals surface area contributed by atoms with Gasteiger partial charge in [-0.2, -0.15) is 11.8 Å². The van der Waals surface area contributed by atoms with Crippen LogP contribution < -0.4 is 5.32 Å². The van der Waals surface area contributed by atoms with E-state index in [1.54, 1.807) is 0 Å². The van der Waals surface area contributed by atoms with Gasteiger partial charge in [0, 0.05) is 22.5 Å². The maximum atomic E-state index is 3.53. The molecular weight excluding hydrogens is 246 g/mol. The van der Waals surface area contributed by atoms with Crippen LogP contribution in [0.2, 0.25) is 0 Å². The fourth-order valence-electron chi connectivity index (χ4n) is 1.05. The topological polar surface area (TPSA) is 12.0 Å². The lowest BCUT2D eigenvalue weighted by Crippen LogP contribution is -2.04. The molecule has 0 fully saturated rings. The van der Waals surface area contributed by atoms with Gasteiger partial charge in [-0.1, -0.05) is 6.07 Å². The largest absolute Gasteiger partial charge is 0.383 e. The molecule has 0 atom stereocenters. The number of thioether (sulfide) groups is 1. The van der Waals surface area contributed by atoms with Gasteiger partial charge in [0.05, 0.1) is 0 Å². The Labute approximate surface area is 92.4 Å². The lowest BCUT2D eigenvalue weighted by atomic mass is 10.2. The molecule has 0 unspecified atom stereocenters. The van der Waals surface area contributed by atoms with Crippen LogP contribution in [-0.2, 0) is 0 Å². The molecule has 0 heterocycles. The van der Waals surface area contributed by atoms with E-state index in [9.17, 15) is 0 Å². The molecule has 0 bridgehead atoms. The summed E-state index contributed by atoms with van der Waals surface area (Å²) in [6.45, 7) is 3.11. The number of rotatable bonds is 4. The second kappa shape index (κ2) is 5.55. The van der Waals surface area contributed by atoms with Gasteiger partial charge in [0.1, 0.15) is 0 Å². The summed E-state index contributed by atoms with van der Waals surface area (Å²) in [5.74, 6) is 1.14. The molecule has 0 amide bonds. The zero-order valence-electron chi connectivity index (χ0n) is 7.93. The Bertz CT molecular complexity index is 276. The maximum absolute atomic E-state index is 3.53. The van der Waals surface area contributed by atoms with Crippen molar-refractivity contribution in [2.24, 2.45) is 0 Å². The first-order valence-electron chi connectivity index (χ1n) is 4.23. The van der Waals surface area contributed by atoms with Gasteiger partial charge in [-0.3, -0.25) is 0 Å². The third-order valence-corrected chi connectivity index (χ3v) is 3.01. The number of nitrogens with one attached hydrogen (secondary N) is 1. The molecular formula is C10H14BrNS. The van der Waals surface area contributed by atoms with Crippen molar-refractivity contribution in [3.63, 3.8) is 0 Å². The Balaban J connectivity index is 2.56. The fraction of sp³-hybridized carbons (Fsp3) is 0.400. The molecule has 1 aromatic carbocycles. The van der Waals surface area contributed by atoms with Crippen LogP contribution in [0.5, 0.6) is 0 Å². The van der Waals surface area contributed by atoms with E-state index in [2.05, 4.69) is 52.6 Å². The summed E-state index contributed by atoms with van der Waals surface area (Å²) in [6, 6.07) is 6.35. The Morgan fingerprint density at radius 3 is 2.85 bits per heavy atom. The highest BCUT2D eigenvalue weighted by molar-refractivity contribution is 9.10. The van der Waals surface area contributed by atoms with Crippen LogP contribution in [0.1, 0.15) is 5.56 Å². The third kappa shape index (κ3) is 3.61. The van der Waals surface area contributed by atoms with Gasteiger partial charge in [-0.15, -0.1) is 0 Å². The van der Waals surface area contributed by atoms with Crippen molar-refractivity contribution in [2.75, 3.05) is 23.9 Å². The van der Waals surface area contributed by atoms with Crippen molar-refractivity contribution in [3.8, 4) is 0 Å².